The number of rotatable bonds is 16. The highest BCUT2D eigenvalue weighted by molar-refractivity contribution is 6.01. The minimum atomic E-state index is -0.857. The molecule has 2 aliphatic rings. The van der Waals surface area contributed by atoms with Crippen LogP contribution in [0.1, 0.15) is 109 Å². The summed E-state index contributed by atoms with van der Waals surface area (Å²) in [5, 5.41) is 21.3. The lowest BCUT2D eigenvalue weighted by Crippen LogP contribution is -2.57. The lowest BCUT2D eigenvalue weighted by Gasteiger charge is -2.49. The highest BCUT2D eigenvalue weighted by Gasteiger charge is 2.52. The third-order valence-corrected chi connectivity index (χ3v) is 15.2. The summed E-state index contributed by atoms with van der Waals surface area (Å²) in [6.45, 7) is 18.9. The second-order valence-corrected chi connectivity index (χ2v) is 22.4. The van der Waals surface area contributed by atoms with E-state index in [9.17, 15) is 10.2 Å². The number of carbonyl (C=O) groups is 3. The van der Waals surface area contributed by atoms with Gasteiger partial charge in [-0.25, -0.2) is 8.78 Å². The monoisotopic (exact) mass is 935 g/mol. The molecule has 8 atom stereocenters. The van der Waals surface area contributed by atoms with E-state index in [4.69, 9.17) is 0 Å². The largest absolute Gasteiger partial charge is 0.508 e. The molecule has 368 valence electrons. The van der Waals surface area contributed by atoms with E-state index in [2.05, 4.69) is 89.3 Å². The summed E-state index contributed by atoms with van der Waals surface area (Å²) in [6.07, 6.45) is 1.50. The summed E-state index contributed by atoms with van der Waals surface area (Å²) in [5.74, 6) is -6.59. The zero-order chi connectivity index (χ0) is 50.0. The Labute approximate surface area is 404 Å². The van der Waals surface area contributed by atoms with Gasteiger partial charge in [-0.2, -0.15) is 0 Å². The van der Waals surface area contributed by atoms with Crippen LogP contribution in [0.5, 0.6) is 11.5 Å². The first kappa shape index (κ1) is 52.6. The van der Waals surface area contributed by atoms with E-state index in [0.717, 1.165) is 12.8 Å². The second kappa shape index (κ2) is 21.5. The van der Waals surface area contributed by atoms with Crippen LogP contribution in [-0.4, -0.2) is 127 Å². The van der Waals surface area contributed by atoms with Gasteiger partial charge in [-0.3, -0.25) is 14.4 Å². The molecule has 9 nitrogen and oxygen atoms in total. The van der Waals surface area contributed by atoms with Crippen LogP contribution in [0.25, 0.3) is 0 Å². The maximum absolute atomic E-state index is 16.6. The average molecular weight is 935 g/mol. The Morgan fingerprint density at radius 1 is 0.574 bits per heavy atom. The number of ketones is 3. The van der Waals surface area contributed by atoms with Crippen LogP contribution in [0.3, 0.4) is 0 Å². The molecule has 0 spiro atoms. The van der Waals surface area contributed by atoms with Crippen LogP contribution in [-0.2, 0) is 4.79 Å². The summed E-state index contributed by atoms with van der Waals surface area (Å²) in [6, 6.07) is 22.6. The number of piperidine rings is 2. The fourth-order valence-electron chi connectivity index (χ4n) is 12.1. The minimum absolute atomic E-state index is 0.0605. The molecule has 68 heavy (non-hydrogen) atoms. The molecule has 0 aliphatic carbocycles. The molecule has 4 aromatic rings. The van der Waals surface area contributed by atoms with Gasteiger partial charge in [-0.15, -0.1) is 0 Å². The molecule has 2 saturated heterocycles. The normalized spacial score (nSPS) is 22.9. The number of Topliss-reactive ketones (excluding diaryl/α,β-unsaturated/α-hetero) is 3. The predicted molar refractivity (Wildman–Crippen MR) is 268 cm³/mol. The fourth-order valence-corrected chi connectivity index (χ4v) is 12.1. The standard InChI is InChI=1S/C57H76F2N4O5/c1-35-41(21-15-23-47(35)58)51-43(53(66)37-17-13-19-39(64)29-37)31-62(27-25-49(60(9)10)56(3,4)5)33-45(51)55(68)46-34-63(28-26-50(61(11)12)57(6,7)8)32-44(54(67)38-18-14-20-40(65)30-38)52(46)42-22-16-24-48(59)36(42)2/h13-24,29-30,43-46,49-52,64-65H,25-28,31-34H2,1-12H3/t43?,44?,45?,46?,49-,50-,51?,52?/m0/s1. The quantitative estimate of drug-likeness (QED) is 0.106. The van der Waals surface area contributed by atoms with Crippen molar-refractivity contribution in [2.24, 2.45) is 34.5 Å². The second-order valence-electron chi connectivity index (χ2n) is 22.4. The van der Waals surface area contributed by atoms with E-state index in [1.54, 1.807) is 50.2 Å². The molecule has 6 rings (SSSR count). The van der Waals surface area contributed by atoms with Crippen molar-refractivity contribution in [3.63, 3.8) is 0 Å². The van der Waals surface area contributed by atoms with Crippen molar-refractivity contribution >= 4 is 17.3 Å². The van der Waals surface area contributed by atoms with E-state index in [1.807, 2.05) is 12.1 Å². The maximum atomic E-state index is 16.6. The van der Waals surface area contributed by atoms with Gasteiger partial charge >= 0.3 is 0 Å². The summed E-state index contributed by atoms with van der Waals surface area (Å²) in [4.78, 5) is 55.8. The first-order valence-electron chi connectivity index (χ1n) is 24.4. The molecule has 4 aromatic carbocycles. The Morgan fingerprint density at radius 2 is 0.912 bits per heavy atom. The van der Waals surface area contributed by atoms with Crippen LogP contribution in [0.4, 0.5) is 8.78 Å². The van der Waals surface area contributed by atoms with Crippen LogP contribution in [0, 0.1) is 60.0 Å². The summed E-state index contributed by atoms with van der Waals surface area (Å²) >= 11 is 0. The van der Waals surface area contributed by atoms with Crippen LogP contribution >= 0.6 is 0 Å². The Hall–Kier alpha value is -4.81. The Balaban J connectivity index is 1.57. The zero-order valence-electron chi connectivity index (χ0n) is 42.5. The molecule has 0 aromatic heterocycles. The SMILES string of the molecule is Cc1c(F)cccc1C1C(C(=O)c2cccc(O)c2)CN(CC[C@H](N(C)C)C(C)(C)C)CC1C(=O)C1CN(CC[C@H](N(C)C)C(C)(C)C)CC(C(=O)c2cccc(O)c2)C1c1cccc(F)c1C. The summed E-state index contributed by atoms with van der Waals surface area (Å²) in [5.41, 5.74) is 2.29. The highest BCUT2D eigenvalue weighted by atomic mass is 19.1. The third kappa shape index (κ3) is 11.8. The minimum Gasteiger partial charge on any atom is -0.508 e. The van der Waals surface area contributed by atoms with Crippen molar-refractivity contribution < 1.29 is 33.4 Å². The van der Waals surface area contributed by atoms with Crippen LogP contribution in [0.15, 0.2) is 84.9 Å². The molecule has 2 N–H and O–H groups in total. The van der Waals surface area contributed by atoms with Gasteiger partial charge in [0.15, 0.2) is 11.6 Å². The number of carbonyl (C=O) groups excluding carboxylic acids is 3. The van der Waals surface area contributed by atoms with Crippen molar-refractivity contribution in [1.29, 1.82) is 0 Å². The van der Waals surface area contributed by atoms with Crippen molar-refractivity contribution in [1.82, 2.24) is 19.6 Å². The summed E-state index contributed by atoms with van der Waals surface area (Å²) in [7, 11) is 8.26. The lowest BCUT2D eigenvalue weighted by molar-refractivity contribution is -0.133. The van der Waals surface area contributed by atoms with E-state index in [-0.39, 0.29) is 64.9 Å². The van der Waals surface area contributed by atoms with Crippen molar-refractivity contribution in [3.8, 4) is 11.5 Å². The molecule has 2 aliphatic heterocycles. The number of likely N-dealkylation sites (tertiary alicyclic amines) is 2. The van der Waals surface area contributed by atoms with Gasteiger partial charge in [-0.05, 0) is 137 Å². The van der Waals surface area contributed by atoms with Gasteiger partial charge < -0.3 is 29.8 Å². The fraction of sp³-hybridized carbons (Fsp3) is 0.526. The molecule has 0 amide bonds. The number of phenols is 2. The Bertz CT molecular complexity index is 2260. The smallest absolute Gasteiger partial charge is 0.167 e. The van der Waals surface area contributed by atoms with Crippen LogP contribution < -0.4 is 0 Å². The molecule has 0 saturated carbocycles. The van der Waals surface area contributed by atoms with Crippen molar-refractivity contribution in [2.45, 2.75) is 92.2 Å². The molecule has 2 heterocycles. The Kier molecular flexibility index (Phi) is 16.6. The number of aromatic hydroxyl groups is 2. The first-order valence-corrected chi connectivity index (χ1v) is 24.4. The summed E-state index contributed by atoms with van der Waals surface area (Å²) < 4.78 is 31.8. The van der Waals surface area contributed by atoms with Crippen molar-refractivity contribution in [3.05, 3.63) is 130 Å². The predicted octanol–water partition coefficient (Wildman–Crippen LogP) is 10.0. The van der Waals surface area contributed by atoms with Gasteiger partial charge in [-0.1, -0.05) is 90.1 Å². The highest BCUT2D eigenvalue weighted by Crippen LogP contribution is 2.48. The number of phenolic OH excluding ortho intramolecular Hbond substituents is 2. The molecule has 0 bridgehead atoms. The van der Waals surface area contributed by atoms with E-state index in [1.165, 1.54) is 36.4 Å². The molecule has 2 fully saturated rings. The van der Waals surface area contributed by atoms with Gasteiger partial charge in [0.1, 0.15) is 28.9 Å². The van der Waals surface area contributed by atoms with Gasteiger partial charge in [0, 0.05) is 84.9 Å². The first-order chi connectivity index (χ1) is 31.9. The van der Waals surface area contributed by atoms with E-state index in [0.29, 0.717) is 59.6 Å². The van der Waals surface area contributed by atoms with Crippen molar-refractivity contribution in [2.75, 3.05) is 67.5 Å². The third-order valence-electron chi connectivity index (χ3n) is 15.2. The number of halogens is 2. The van der Waals surface area contributed by atoms with E-state index >= 15 is 23.2 Å². The van der Waals surface area contributed by atoms with Gasteiger partial charge in [0.25, 0.3) is 0 Å². The molecule has 0 radical (unpaired) electrons. The maximum Gasteiger partial charge on any atom is 0.167 e. The Morgan fingerprint density at radius 3 is 1.24 bits per heavy atom. The lowest BCUT2D eigenvalue weighted by atomic mass is 9.62. The molecule has 6 unspecified atom stereocenters. The molecular formula is C57H76F2N4O5. The van der Waals surface area contributed by atoms with Gasteiger partial charge in [0.2, 0.25) is 0 Å². The average Bonchev–Trinajstić information content (AvgIpc) is 3.26. The van der Waals surface area contributed by atoms with E-state index < -0.39 is 47.1 Å². The van der Waals surface area contributed by atoms with Crippen LogP contribution in [0.2, 0.25) is 0 Å². The molecule has 11 heteroatoms. The number of hydrogen-bond donors (Lipinski definition) is 2. The molecular weight excluding hydrogens is 859 g/mol. The number of hydrogen-bond acceptors (Lipinski definition) is 9. The van der Waals surface area contributed by atoms with Gasteiger partial charge in [0.05, 0.1) is 0 Å². The number of nitrogens with zero attached hydrogens (tertiary/aromatic N) is 4. The number of benzene rings is 4. The zero-order valence-corrected chi connectivity index (χ0v) is 42.5. The topological polar surface area (TPSA) is 105 Å².